The summed E-state index contributed by atoms with van der Waals surface area (Å²) in [5.41, 5.74) is 1.27. The maximum absolute atomic E-state index is 9.12. The van der Waals surface area contributed by atoms with E-state index in [9.17, 15) is 0 Å². The van der Waals surface area contributed by atoms with Gasteiger partial charge in [0, 0.05) is 6.04 Å². The molecular formula is C11H17NO. The van der Waals surface area contributed by atoms with Gasteiger partial charge < -0.3 is 10.0 Å². The maximum Gasteiger partial charge on any atom is 0.0589 e. The predicted octanol–water partition coefficient (Wildman–Crippen LogP) is 1.15. The summed E-state index contributed by atoms with van der Waals surface area (Å²) in [6.45, 7) is 0.210. The number of benzene rings is 1. The molecule has 13 heavy (non-hydrogen) atoms. The first-order valence-electron chi connectivity index (χ1n) is 4.55. The van der Waals surface area contributed by atoms with E-state index in [2.05, 4.69) is 12.1 Å². The molecule has 0 aliphatic rings. The molecule has 2 heteroatoms. The van der Waals surface area contributed by atoms with Crippen molar-refractivity contribution in [3.8, 4) is 0 Å². The van der Waals surface area contributed by atoms with E-state index >= 15 is 0 Å². The number of nitrogens with zero attached hydrogens (tertiary/aromatic N) is 1. The van der Waals surface area contributed by atoms with Crippen molar-refractivity contribution in [2.24, 2.45) is 0 Å². The van der Waals surface area contributed by atoms with E-state index < -0.39 is 0 Å². The Morgan fingerprint density at radius 3 is 2.31 bits per heavy atom. The van der Waals surface area contributed by atoms with Gasteiger partial charge in [0.15, 0.2) is 0 Å². The monoisotopic (exact) mass is 179 g/mol. The van der Waals surface area contributed by atoms with Crippen LogP contribution in [-0.4, -0.2) is 36.8 Å². The van der Waals surface area contributed by atoms with E-state index in [1.165, 1.54) is 5.56 Å². The van der Waals surface area contributed by atoms with E-state index in [0.29, 0.717) is 0 Å². The van der Waals surface area contributed by atoms with Crippen molar-refractivity contribution in [2.75, 3.05) is 20.7 Å². The number of likely N-dealkylation sites (N-methyl/N-ethyl adjacent to an activating group) is 1. The second-order valence-corrected chi connectivity index (χ2v) is 3.49. The molecule has 0 spiro atoms. The summed E-state index contributed by atoms with van der Waals surface area (Å²) in [5.74, 6) is 0. The van der Waals surface area contributed by atoms with Crippen LogP contribution >= 0.6 is 0 Å². The van der Waals surface area contributed by atoms with Crippen molar-refractivity contribution in [3.05, 3.63) is 35.9 Å². The highest BCUT2D eigenvalue weighted by atomic mass is 16.3. The molecule has 0 radical (unpaired) electrons. The molecular weight excluding hydrogens is 162 g/mol. The molecule has 0 aromatic heterocycles. The Labute approximate surface area is 79.8 Å². The van der Waals surface area contributed by atoms with Crippen molar-refractivity contribution < 1.29 is 5.11 Å². The zero-order chi connectivity index (χ0) is 9.68. The minimum Gasteiger partial charge on any atom is -0.395 e. The van der Waals surface area contributed by atoms with Gasteiger partial charge in [-0.05, 0) is 26.1 Å². The van der Waals surface area contributed by atoms with Crippen LogP contribution in [0.3, 0.4) is 0 Å². The van der Waals surface area contributed by atoms with Gasteiger partial charge in [-0.25, -0.2) is 0 Å². The summed E-state index contributed by atoms with van der Waals surface area (Å²) < 4.78 is 0. The van der Waals surface area contributed by atoms with Gasteiger partial charge in [0.1, 0.15) is 0 Å². The second-order valence-electron chi connectivity index (χ2n) is 3.49. The molecule has 1 N–H and O–H groups in total. The van der Waals surface area contributed by atoms with Crippen LogP contribution in [0.15, 0.2) is 30.3 Å². The van der Waals surface area contributed by atoms with E-state index in [1.807, 2.05) is 37.2 Å². The van der Waals surface area contributed by atoms with Gasteiger partial charge >= 0.3 is 0 Å². The molecule has 0 saturated heterocycles. The summed E-state index contributed by atoms with van der Waals surface area (Å²) in [4.78, 5) is 2.05. The summed E-state index contributed by atoms with van der Waals surface area (Å²) >= 11 is 0. The van der Waals surface area contributed by atoms with Crippen LogP contribution in [0.5, 0.6) is 0 Å². The van der Waals surface area contributed by atoms with Gasteiger partial charge in [-0.15, -0.1) is 0 Å². The molecule has 0 amide bonds. The minimum atomic E-state index is 0.210. The van der Waals surface area contributed by atoms with Crippen LogP contribution in [0.4, 0.5) is 0 Å². The molecule has 2 nitrogen and oxygen atoms in total. The highest BCUT2D eigenvalue weighted by Crippen LogP contribution is 2.05. The topological polar surface area (TPSA) is 23.5 Å². The smallest absolute Gasteiger partial charge is 0.0589 e. The predicted molar refractivity (Wildman–Crippen MR) is 54.7 cm³/mol. The standard InChI is InChI=1S/C11H17NO/c1-12(2)11(9-13)8-10-6-4-3-5-7-10/h3-7,11,13H,8-9H2,1-2H3. The number of aliphatic hydroxyl groups is 1. The van der Waals surface area contributed by atoms with E-state index in [-0.39, 0.29) is 12.6 Å². The SMILES string of the molecule is CN(C)C(CO)Cc1ccccc1. The third kappa shape index (κ3) is 3.17. The van der Waals surface area contributed by atoms with Crippen LogP contribution in [0.25, 0.3) is 0 Å². The quantitative estimate of drug-likeness (QED) is 0.749. The Bertz CT molecular complexity index is 233. The summed E-state index contributed by atoms with van der Waals surface area (Å²) in [7, 11) is 3.98. The van der Waals surface area contributed by atoms with Gasteiger partial charge in [-0.3, -0.25) is 0 Å². The maximum atomic E-state index is 9.12. The van der Waals surface area contributed by atoms with Crippen molar-refractivity contribution >= 4 is 0 Å². The number of hydrogen-bond acceptors (Lipinski definition) is 2. The molecule has 0 bridgehead atoms. The van der Waals surface area contributed by atoms with Gasteiger partial charge in [0.25, 0.3) is 0 Å². The largest absolute Gasteiger partial charge is 0.395 e. The Morgan fingerprint density at radius 1 is 1.23 bits per heavy atom. The van der Waals surface area contributed by atoms with Crippen molar-refractivity contribution in [2.45, 2.75) is 12.5 Å². The average molecular weight is 179 g/mol. The Balaban J connectivity index is 2.57. The molecule has 1 rings (SSSR count). The lowest BCUT2D eigenvalue weighted by Crippen LogP contribution is -2.33. The normalized spacial score (nSPS) is 13.2. The third-order valence-corrected chi connectivity index (χ3v) is 2.26. The highest BCUT2D eigenvalue weighted by Gasteiger charge is 2.09. The minimum absolute atomic E-state index is 0.210. The molecule has 0 saturated carbocycles. The van der Waals surface area contributed by atoms with Crippen LogP contribution in [-0.2, 0) is 6.42 Å². The molecule has 0 aliphatic carbocycles. The number of aliphatic hydroxyl groups excluding tert-OH is 1. The van der Waals surface area contributed by atoms with E-state index in [0.717, 1.165) is 6.42 Å². The van der Waals surface area contributed by atoms with Crippen molar-refractivity contribution in [1.82, 2.24) is 4.90 Å². The van der Waals surface area contributed by atoms with Crippen molar-refractivity contribution in [3.63, 3.8) is 0 Å². The lowest BCUT2D eigenvalue weighted by atomic mass is 10.1. The molecule has 0 aliphatic heterocycles. The highest BCUT2D eigenvalue weighted by molar-refractivity contribution is 5.15. The zero-order valence-electron chi connectivity index (χ0n) is 8.27. The Morgan fingerprint density at radius 2 is 1.85 bits per heavy atom. The van der Waals surface area contributed by atoms with Crippen LogP contribution in [0, 0.1) is 0 Å². The van der Waals surface area contributed by atoms with Gasteiger partial charge in [0.05, 0.1) is 6.61 Å². The number of rotatable bonds is 4. The molecule has 1 atom stereocenters. The first-order valence-corrected chi connectivity index (χ1v) is 4.55. The number of hydrogen-bond donors (Lipinski definition) is 1. The molecule has 0 fully saturated rings. The first kappa shape index (κ1) is 10.2. The Hall–Kier alpha value is -0.860. The van der Waals surface area contributed by atoms with Gasteiger partial charge in [-0.1, -0.05) is 30.3 Å². The summed E-state index contributed by atoms with van der Waals surface area (Å²) in [5, 5.41) is 9.12. The summed E-state index contributed by atoms with van der Waals surface area (Å²) in [6, 6.07) is 10.5. The first-order chi connectivity index (χ1) is 6.24. The zero-order valence-corrected chi connectivity index (χ0v) is 8.27. The second kappa shape index (κ2) is 5.00. The van der Waals surface area contributed by atoms with Gasteiger partial charge in [-0.2, -0.15) is 0 Å². The molecule has 1 aromatic carbocycles. The van der Waals surface area contributed by atoms with E-state index in [4.69, 9.17) is 5.11 Å². The molecule has 0 heterocycles. The van der Waals surface area contributed by atoms with Crippen LogP contribution < -0.4 is 0 Å². The fourth-order valence-electron chi connectivity index (χ4n) is 1.30. The van der Waals surface area contributed by atoms with Gasteiger partial charge in [0.2, 0.25) is 0 Å². The third-order valence-electron chi connectivity index (χ3n) is 2.26. The average Bonchev–Trinajstić information content (AvgIpc) is 2.15. The van der Waals surface area contributed by atoms with Crippen molar-refractivity contribution in [1.29, 1.82) is 0 Å². The fraction of sp³-hybridized carbons (Fsp3) is 0.455. The molecule has 72 valence electrons. The lowest BCUT2D eigenvalue weighted by Gasteiger charge is -2.21. The van der Waals surface area contributed by atoms with Crippen LogP contribution in [0.2, 0.25) is 0 Å². The molecule has 1 aromatic rings. The van der Waals surface area contributed by atoms with E-state index in [1.54, 1.807) is 0 Å². The molecule has 1 unspecified atom stereocenters. The fourth-order valence-corrected chi connectivity index (χ4v) is 1.30. The summed E-state index contributed by atoms with van der Waals surface area (Å²) in [6.07, 6.45) is 0.907. The van der Waals surface area contributed by atoms with Crippen LogP contribution in [0.1, 0.15) is 5.56 Å². The Kier molecular flexibility index (Phi) is 3.93. The lowest BCUT2D eigenvalue weighted by molar-refractivity contribution is 0.169.